The topological polar surface area (TPSA) is 84.0 Å². The molecule has 0 aliphatic rings. The van der Waals surface area contributed by atoms with Gasteiger partial charge in [-0.3, -0.25) is 9.59 Å². The van der Waals surface area contributed by atoms with Gasteiger partial charge in [-0.25, -0.2) is 13.8 Å². The summed E-state index contributed by atoms with van der Waals surface area (Å²) < 4.78 is 13.8. The fourth-order valence-electron chi connectivity index (χ4n) is 2.19. The van der Waals surface area contributed by atoms with Gasteiger partial charge in [0, 0.05) is 16.9 Å². The fourth-order valence-corrected chi connectivity index (χ4v) is 2.32. The fraction of sp³-hybridized carbons (Fsp3) is 0. The zero-order valence-corrected chi connectivity index (χ0v) is 13.4. The summed E-state index contributed by atoms with van der Waals surface area (Å²) in [7, 11) is 0. The van der Waals surface area contributed by atoms with E-state index in [0.717, 1.165) is 22.9 Å². The minimum atomic E-state index is -0.818. The zero-order valence-electron chi connectivity index (χ0n) is 12.6. The molecular formula is C17H11ClFN3O3. The highest BCUT2D eigenvalue weighted by molar-refractivity contribution is 6.30. The van der Waals surface area contributed by atoms with Crippen molar-refractivity contribution in [3.8, 4) is 5.69 Å². The van der Waals surface area contributed by atoms with Gasteiger partial charge in [-0.1, -0.05) is 11.6 Å². The van der Waals surface area contributed by atoms with E-state index < -0.39 is 23.0 Å². The molecule has 0 aliphatic carbocycles. The number of nitrogens with one attached hydrogen (secondary N) is 2. The van der Waals surface area contributed by atoms with Crippen molar-refractivity contribution in [2.24, 2.45) is 0 Å². The molecule has 0 unspecified atom stereocenters. The average molecular weight is 360 g/mol. The Hall–Kier alpha value is -3.19. The molecule has 0 saturated heterocycles. The van der Waals surface area contributed by atoms with Gasteiger partial charge in [-0.05, 0) is 48.5 Å². The Morgan fingerprint density at radius 3 is 2.32 bits per heavy atom. The van der Waals surface area contributed by atoms with Gasteiger partial charge < -0.3 is 10.3 Å². The van der Waals surface area contributed by atoms with Crippen molar-refractivity contribution in [1.29, 1.82) is 0 Å². The molecule has 2 N–H and O–H groups in total. The van der Waals surface area contributed by atoms with Gasteiger partial charge in [-0.2, -0.15) is 0 Å². The smallest absolute Gasteiger partial charge is 0.322 e. The van der Waals surface area contributed by atoms with Crippen molar-refractivity contribution in [3.63, 3.8) is 0 Å². The lowest BCUT2D eigenvalue weighted by Gasteiger charge is -2.08. The predicted octanol–water partition coefficient (Wildman–Crippen LogP) is 2.57. The molecule has 0 fully saturated rings. The van der Waals surface area contributed by atoms with Crippen molar-refractivity contribution in [1.82, 2.24) is 9.55 Å². The Kier molecular flexibility index (Phi) is 4.49. The van der Waals surface area contributed by atoms with Crippen LogP contribution in [0.1, 0.15) is 10.4 Å². The quantitative estimate of drug-likeness (QED) is 0.753. The lowest BCUT2D eigenvalue weighted by molar-refractivity contribution is 0.102. The summed E-state index contributed by atoms with van der Waals surface area (Å²) in [4.78, 5) is 39.2. The molecule has 2 aromatic carbocycles. The SMILES string of the molecule is O=C(Nc1ccc(Cl)cc1)c1c[nH]c(=O)n(-c2ccc(F)cc2)c1=O. The Bertz CT molecular complexity index is 1040. The molecule has 25 heavy (non-hydrogen) atoms. The molecule has 0 atom stereocenters. The third-order valence-electron chi connectivity index (χ3n) is 3.41. The first-order valence-electron chi connectivity index (χ1n) is 7.13. The summed E-state index contributed by atoms with van der Waals surface area (Å²) in [6, 6.07) is 11.1. The second-order valence-electron chi connectivity index (χ2n) is 5.09. The largest absolute Gasteiger partial charge is 0.333 e. The van der Waals surface area contributed by atoms with Crippen LogP contribution in [0.4, 0.5) is 10.1 Å². The van der Waals surface area contributed by atoms with Crippen LogP contribution in [0.25, 0.3) is 5.69 Å². The predicted molar refractivity (Wildman–Crippen MR) is 92.0 cm³/mol. The van der Waals surface area contributed by atoms with Crippen molar-refractivity contribution in [3.05, 3.63) is 92.0 Å². The van der Waals surface area contributed by atoms with E-state index in [1.54, 1.807) is 24.3 Å². The van der Waals surface area contributed by atoms with Gasteiger partial charge in [0.2, 0.25) is 0 Å². The highest BCUT2D eigenvalue weighted by Crippen LogP contribution is 2.14. The van der Waals surface area contributed by atoms with Crippen LogP contribution in [-0.2, 0) is 0 Å². The van der Waals surface area contributed by atoms with Crippen molar-refractivity contribution in [2.45, 2.75) is 0 Å². The van der Waals surface area contributed by atoms with Gasteiger partial charge in [0.25, 0.3) is 11.5 Å². The molecular weight excluding hydrogens is 349 g/mol. The summed E-state index contributed by atoms with van der Waals surface area (Å²) >= 11 is 5.78. The Labute approximate surface area is 145 Å². The van der Waals surface area contributed by atoms with E-state index in [1.807, 2.05) is 0 Å². The number of benzene rings is 2. The van der Waals surface area contributed by atoms with E-state index in [2.05, 4.69) is 10.3 Å². The molecule has 6 nitrogen and oxygen atoms in total. The van der Waals surface area contributed by atoms with E-state index in [0.29, 0.717) is 10.7 Å². The second-order valence-corrected chi connectivity index (χ2v) is 5.52. The molecule has 0 bridgehead atoms. The normalized spacial score (nSPS) is 10.5. The van der Waals surface area contributed by atoms with Crippen molar-refractivity contribution < 1.29 is 9.18 Å². The van der Waals surface area contributed by atoms with Gasteiger partial charge in [0.1, 0.15) is 11.4 Å². The first-order valence-corrected chi connectivity index (χ1v) is 7.51. The lowest BCUT2D eigenvalue weighted by atomic mass is 10.2. The Balaban J connectivity index is 2.00. The number of carbonyl (C=O) groups excluding carboxylic acids is 1. The van der Waals surface area contributed by atoms with Gasteiger partial charge in [-0.15, -0.1) is 0 Å². The number of nitrogens with zero attached hydrogens (tertiary/aromatic N) is 1. The maximum absolute atomic E-state index is 13.0. The molecule has 3 aromatic rings. The summed E-state index contributed by atoms with van der Waals surface area (Å²) in [6.45, 7) is 0. The number of hydrogen-bond acceptors (Lipinski definition) is 3. The minimum Gasteiger partial charge on any atom is -0.322 e. The molecule has 3 rings (SSSR count). The van der Waals surface area contributed by atoms with Crippen LogP contribution in [0.15, 0.2) is 64.3 Å². The first kappa shape index (κ1) is 16.7. The standard InChI is InChI=1S/C17H11ClFN3O3/c18-10-1-5-12(6-2-10)21-15(23)14-9-20-17(25)22(16(14)24)13-7-3-11(19)4-8-13/h1-9H,(H,20,25)(H,21,23). The van der Waals surface area contributed by atoms with Crippen LogP contribution < -0.4 is 16.6 Å². The highest BCUT2D eigenvalue weighted by atomic mass is 35.5. The summed E-state index contributed by atoms with van der Waals surface area (Å²) in [5.41, 5.74) is -1.23. The molecule has 126 valence electrons. The molecule has 0 saturated carbocycles. The van der Waals surface area contributed by atoms with Crippen LogP contribution in [-0.4, -0.2) is 15.5 Å². The maximum atomic E-state index is 13.0. The van der Waals surface area contributed by atoms with Crippen LogP contribution in [0, 0.1) is 5.82 Å². The average Bonchev–Trinajstić information content (AvgIpc) is 2.58. The Morgan fingerprint density at radius 1 is 1.04 bits per heavy atom. The van der Waals surface area contributed by atoms with E-state index in [4.69, 9.17) is 11.6 Å². The van der Waals surface area contributed by atoms with Crippen LogP contribution >= 0.6 is 11.6 Å². The molecule has 1 amide bonds. The number of aromatic amines is 1. The van der Waals surface area contributed by atoms with Gasteiger partial charge in [0.15, 0.2) is 0 Å². The van der Waals surface area contributed by atoms with E-state index in [9.17, 15) is 18.8 Å². The van der Waals surface area contributed by atoms with Gasteiger partial charge >= 0.3 is 5.69 Å². The number of halogens is 2. The second kappa shape index (κ2) is 6.74. The first-order chi connectivity index (χ1) is 12.0. The Morgan fingerprint density at radius 2 is 1.68 bits per heavy atom. The number of H-pyrrole nitrogens is 1. The molecule has 1 aromatic heterocycles. The van der Waals surface area contributed by atoms with E-state index in [-0.39, 0.29) is 11.3 Å². The molecule has 0 aliphatic heterocycles. The van der Waals surface area contributed by atoms with Crippen LogP contribution in [0.2, 0.25) is 5.02 Å². The highest BCUT2D eigenvalue weighted by Gasteiger charge is 2.16. The summed E-state index contributed by atoms with van der Waals surface area (Å²) in [6.07, 6.45) is 1.04. The zero-order chi connectivity index (χ0) is 18.0. The number of amides is 1. The third-order valence-corrected chi connectivity index (χ3v) is 3.66. The van der Waals surface area contributed by atoms with E-state index in [1.165, 1.54) is 12.1 Å². The number of rotatable bonds is 3. The monoisotopic (exact) mass is 359 g/mol. The number of aromatic nitrogens is 2. The van der Waals surface area contributed by atoms with Gasteiger partial charge in [0.05, 0.1) is 5.69 Å². The third kappa shape index (κ3) is 3.51. The molecule has 8 heteroatoms. The number of anilines is 1. The van der Waals surface area contributed by atoms with E-state index >= 15 is 0 Å². The lowest BCUT2D eigenvalue weighted by Crippen LogP contribution is -2.38. The van der Waals surface area contributed by atoms with Crippen molar-refractivity contribution in [2.75, 3.05) is 5.32 Å². The maximum Gasteiger partial charge on any atom is 0.333 e. The molecule has 0 radical (unpaired) electrons. The molecule has 1 heterocycles. The van der Waals surface area contributed by atoms with Crippen molar-refractivity contribution >= 4 is 23.2 Å². The summed E-state index contributed by atoms with van der Waals surface area (Å²) in [5, 5.41) is 3.04. The summed E-state index contributed by atoms with van der Waals surface area (Å²) in [5.74, 6) is -1.20. The minimum absolute atomic E-state index is 0.147. The number of carbonyl (C=O) groups is 1. The van der Waals surface area contributed by atoms with Crippen LogP contribution in [0.5, 0.6) is 0 Å². The van der Waals surface area contributed by atoms with Crippen LogP contribution in [0.3, 0.4) is 0 Å². The molecule has 0 spiro atoms. The number of hydrogen-bond donors (Lipinski definition) is 2.